The highest BCUT2D eigenvalue weighted by molar-refractivity contribution is 6.01. The maximum Gasteiger partial charge on any atom is 0.309 e. The molecule has 0 atom stereocenters. The van der Waals surface area contributed by atoms with Gasteiger partial charge in [-0.1, -0.05) is 86.6 Å². The molecular weight excluding hydrogens is 581 g/mol. The zero-order valence-electron chi connectivity index (χ0n) is 26.4. The minimum absolute atomic E-state index is 0.200. The molecule has 0 amide bonds. The van der Waals surface area contributed by atoms with Crippen molar-refractivity contribution in [2.75, 3.05) is 13.7 Å². The number of hydrogen-bond donors (Lipinski definition) is 0. The van der Waals surface area contributed by atoms with Gasteiger partial charge in [0.15, 0.2) is 0 Å². The minimum Gasteiger partial charge on any atom is -0.489 e. The van der Waals surface area contributed by atoms with Crippen molar-refractivity contribution in [3.63, 3.8) is 0 Å². The fourth-order valence-electron chi connectivity index (χ4n) is 5.87. The minimum atomic E-state index is -0.503. The number of fused-ring (bicyclic) bond motifs is 1. The summed E-state index contributed by atoms with van der Waals surface area (Å²) in [4.78, 5) is 17.9. The van der Waals surface area contributed by atoms with Crippen LogP contribution in [0.5, 0.6) is 11.6 Å². The molecule has 1 aliphatic rings. The quantitative estimate of drug-likeness (QED) is 0.131. The van der Waals surface area contributed by atoms with Crippen LogP contribution in [-0.4, -0.2) is 30.8 Å². The molecule has 1 aromatic heterocycles. The smallest absolute Gasteiger partial charge is 0.309 e. The molecular formula is C39H38FNO5. The number of hydrogen-bond acceptors (Lipinski definition) is 6. The van der Waals surface area contributed by atoms with E-state index in [0.717, 1.165) is 38.7 Å². The van der Waals surface area contributed by atoms with Crippen LogP contribution in [0.3, 0.4) is 0 Å². The number of carbonyl (C=O) groups is 1. The summed E-state index contributed by atoms with van der Waals surface area (Å²) in [5.41, 5.74) is 4.01. The number of esters is 1. The molecule has 46 heavy (non-hydrogen) atoms. The summed E-state index contributed by atoms with van der Waals surface area (Å²) in [6.45, 7) is 5.22. The van der Waals surface area contributed by atoms with Gasteiger partial charge in [0.25, 0.3) is 0 Å². The zero-order chi connectivity index (χ0) is 32.1. The van der Waals surface area contributed by atoms with Crippen molar-refractivity contribution >= 4 is 16.7 Å². The van der Waals surface area contributed by atoms with Crippen LogP contribution in [0.25, 0.3) is 21.9 Å². The van der Waals surface area contributed by atoms with Gasteiger partial charge >= 0.3 is 5.97 Å². The highest BCUT2D eigenvalue weighted by Crippen LogP contribution is 2.43. The van der Waals surface area contributed by atoms with Gasteiger partial charge in [-0.25, -0.2) is 9.37 Å². The number of ether oxygens (including phenoxy) is 4. The third-order valence-electron chi connectivity index (χ3n) is 8.40. The number of methoxy groups -OCH3 is 1. The third-order valence-corrected chi connectivity index (χ3v) is 8.40. The van der Waals surface area contributed by atoms with Crippen molar-refractivity contribution in [2.45, 2.75) is 51.4 Å². The summed E-state index contributed by atoms with van der Waals surface area (Å²) in [7, 11) is 1.67. The van der Waals surface area contributed by atoms with E-state index in [4.69, 9.17) is 23.9 Å². The van der Waals surface area contributed by atoms with Crippen molar-refractivity contribution in [3.8, 4) is 22.8 Å². The molecule has 0 bridgehead atoms. The molecule has 1 saturated carbocycles. The first kappa shape index (κ1) is 31.2. The van der Waals surface area contributed by atoms with Gasteiger partial charge < -0.3 is 18.9 Å². The van der Waals surface area contributed by atoms with E-state index >= 15 is 0 Å². The summed E-state index contributed by atoms with van der Waals surface area (Å²) >= 11 is 0. The van der Waals surface area contributed by atoms with Crippen LogP contribution in [-0.2, 0) is 32.9 Å². The van der Waals surface area contributed by atoms with Crippen molar-refractivity contribution < 1.29 is 28.1 Å². The number of benzene rings is 4. The van der Waals surface area contributed by atoms with Crippen LogP contribution >= 0.6 is 0 Å². The van der Waals surface area contributed by atoms with E-state index in [1.54, 1.807) is 19.2 Å². The number of nitrogens with zero attached hydrogens (tertiary/aromatic N) is 1. The van der Waals surface area contributed by atoms with Crippen LogP contribution in [0.15, 0.2) is 103 Å². The molecule has 4 aromatic carbocycles. The summed E-state index contributed by atoms with van der Waals surface area (Å²) in [6.07, 6.45) is 0.878. The lowest BCUT2D eigenvalue weighted by Gasteiger charge is -2.34. The van der Waals surface area contributed by atoms with Crippen LogP contribution < -0.4 is 9.47 Å². The highest BCUT2D eigenvalue weighted by Gasteiger charge is 2.38. The zero-order valence-corrected chi connectivity index (χ0v) is 26.4. The molecule has 236 valence electrons. The van der Waals surface area contributed by atoms with E-state index in [-0.39, 0.29) is 30.4 Å². The Morgan fingerprint density at radius 2 is 1.50 bits per heavy atom. The van der Waals surface area contributed by atoms with E-state index in [1.807, 2.05) is 78.9 Å². The van der Waals surface area contributed by atoms with E-state index in [1.165, 1.54) is 12.1 Å². The number of halogens is 1. The lowest BCUT2D eigenvalue weighted by molar-refractivity contribution is -0.156. The second-order valence-corrected chi connectivity index (χ2v) is 12.4. The van der Waals surface area contributed by atoms with Crippen LogP contribution in [0.2, 0.25) is 0 Å². The van der Waals surface area contributed by atoms with Gasteiger partial charge in [0.1, 0.15) is 30.9 Å². The largest absolute Gasteiger partial charge is 0.489 e. The van der Waals surface area contributed by atoms with Crippen molar-refractivity contribution in [1.82, 2.24) is 4.98 Å². The van der Waals surface area contributed by atoms with Crippen molar-refractivity contribution in [3.05, 3.63) is 126 Å². The predicted octanol–water partition coefficient (Wildman–Crippen LogP) is 8.44. The maximum absolute atomic E-state index is 14.0. The van der Waals surface area contributed by atoms with Crippen molar-refractivity contribution in [2.24, 2.45) is 5.92 Å². The molecule has 0 unspecified atom stereocenters. The van der Waals surface area contributed by atoms with E-state index < -0.39 is 5.41 Å². The number of carbonyl (C=O) groups excluding carboxylic acids is 1. The summed E-state index contributed by atoms with van der Waals surface area (Å²) in [6, 6.07) is 32.0. The summed E-state index contributed by atoms with van der Waals surface area (Å²) in [5, 5.41) is 1.68. The number of pyridine rings is 1. The van der Waals surface area contributed by atoms with E-state index in [0.29, 0.717) is 37.7 Å². The average Bonchev–Trinajstić information content (AvgIpc) is 3.05. The van der Waals surface area contributed by atoms with E-state index in [2.05, 4.69) is 13.8 Å². The number of aromatic nitrogens is 1. The predicted molar refractivity (Wildman–Crippen MR) is 176 cm³/mol. The van der Waals surface area contributed by atoms with Crippen LogP contribution in [0.1, 0.15) is 43.5 Å². The molecule has 0 radical (unpaired) electrons. The van der Waals surface area contributed by atoms with Crippen molar-refractivity contribution in [1.29, 1.82) is 0 Å². The molecule has 1 heterocycles. The lowest BCUT2D eigenvalue weighted by Crippen LogP contribution is -2.39. The Hall–Kier alpha value is -4.75. The Bertz CT molecular complexity index is 1790. The molecule has 5 aromatic rings. The molecule has 1 fully saturated rings. The molecule has 0 saturated heterocycles. The molecule has 1 aliphatic carbocycles. The number of rotatable bonds is 12. The molecule has 7 heteroatoms. The Labute approximate surface area is 269 Å². The van der Waals surface area contributed by atoms with Crippen LogP contribution in [0.4, 0.5) is 4.39 Å². The summed E-state index contributed by atoms with van der Waals surface area (Å²) in [5.74, 6) is 0.385. The first-order valence-electron chi connectivity index (χ1n) is 15.6. The molecule has 0 N–H and O–H groups in total. The highest BCUT2D eigenvalue weighted by atomic mass is 19.1. The topological polar surface area (TPSA) is 66.9 Å². The van der Waals surface area contributed by atoms with Gasteiger partial charge in [-0.15, -0.1) is 0 Å². The van der Waals surface area contributed by atoms with Gasteiger partial charge in [-0.05, 0) is 65.3 Å². The Kier molecular flexibility index (Phi) is 9.31. The Morgan fingerprint density at radius 3 is 2.15 bits per heavy atom. The Balaban J connectivity index is 1.33. The molecule has 6 nitrogen and oxygen atoms in total. The monoisotopic (exact) mass is 619 g/mol. The maximum atomic E-state index is 14.0. The second kappa shape index (κ2) is 13.7. The SMILES string of the molecule is COCC(C)(C)c1nc(OC2CC(C(=O)OCc3ccccc3)C2)c2cc(OCc3ccccc3)ccc2c1-c1ccc(F)cc1. The van der Waals surface area contributed by atoms with E-state index in [9.17, 15) is 9.18 Å². The van der Waals surface area contributed by atoms with Gasteiger partial charge in [0, 0.05) is 23.5 Å². The Morgan fingerprint density at radius 1 is 0.848 bits per heavy atom. The first-order valence-corrected chi connectivity index (χ1v) is 15.6. The fraction of sp³-hybridized carbons (Fsp3) is 0.282. The van der Waals surface area contributed by atoms with Gasteiger partial charge in [-0.2, -0.15) is 0 Å². The third kappa shape index (κ3) is 7.05. The molecule has 0 spiro atoms. The normalized spacial score (nSPS) is 16.1. The van der Waals surface area contributed by atoms with Gasteiger partial charge in [-0.3, -0.25) is 4.79 Å². The average molecular weight is 620 g/mol. The first-order chi connectivity index (χ1) is 22.3. The van der Waals surface area contributed by atoms with Gasteiger partial charge in [0.05, 0.1) is 18.2 Å². The second-order valence-electron chi connectivity index (χ2n) is 12.4. The lowest BCUT2D eigenvalue weighted by atomic mass is 9.82. The summed E-state index contributed by atoms with van der Waals surface area (Å²) < 4.78 is 38.0. The van der Waals surface area contributed by atoms with Gasteiger partial charge in [0.2, 0.25) is 5.88 Å². The molecule has 0 aliphatic heterocycles. The standard InChI is InChI=1S/C39H38FNO5/c1-39(2,25-43-3)36-35(28-14-16-30(40)17-15-28)33-19-18-31(44-23-26-10-6-4-7-11-26)22-34(33)37(41-36)46-32-20-29(21-32)38(42)45-24-27-12-8-5-9-13-27/h4-19,22,29,32H,20-21,23-25H2,1-3H3. The fourth-order valence-corrected chi connectivity index (χ4v) is 5.87. The molecule has 6 rings (SSSR count). The van der Waals surface area contributed by atoms with Crippen LogP contribution in [0, 0.1) is 11.7 Å².